The van der Waals surface area contributed by atoms with Gasteiger partial charge in [-0.1, -0.05) is 13.0 Å². The van der Waals surface area contributed by atoms with Crippen molar-refractivity contribution in [2.45, 2.75) is 32.8 Å². The molecule has 1 rings (SSSR count). The van der Waals surface area contributed by atoms with Crippen LogP contribution in [-0.4, -0.2) is 17.7 Å². The van der Waals surface area contributed by atoms with Crippen LogP contribution < -0.4 is 0 Å². The first kappa shape index (κ1) is 16.1. The summed E-state index contributed by atoms with van der Waals surface area (Å²) in [4.78, 5) is 11.9. The van der Waals surface area contributed by atoms with Crippen molar-refractivity contribution >= 4 is 21.9 Å². The lowest BCUT2D eigenvalue weighted by Gasteiger charge is -2.31. The molecule has 5 heteroatoms. The Labute approximate surface area is 120 Å². The van der Waals surface area contributed by atoms with Crippen LogP contribution in [0.1, 0.15) is 32.8 Å². The normalized spacial score (nSPS) is 15.7. The Kier molecular flexibility index (Phi) is 5.50. The van der Waals surface area contributed by atoms with E-state index in [1.54, 1.807) is 13.8 Å². The topological polar surface area (TPSA) is 46.5 Å². The van der Waals surface area contributed by atoms with Gasteiger partial charge in [-0.2, -0.15) is 0 Å². The smallest absolute Gasteiger partial charge is 0.312 e. The number of benzene rings is 1. The van der Waals surface area contributed by atoms with Crippen LogP contribution in [0, 0.1) is 11.7 Å². The molecule has 1 N–H and O–H groups in total. The van der Waals surface area contributed by atoms with Gasteiger partial charge in [0.15, 0.2) is 0 Å². The number of rotatable bonds is 5. The van der Waals surface area contributed by atoms with Crippen molar-refractivity contribution in [3.05, 3.63) is 34.1 Å². The molecule has 0 amide bonds. The van der Waals surface area contributed by atoms with Gasteiger partial charge in [-0.15, -0.1) is 0 Å². The third-order valence-electron chi connectivity index (χ3n) is 3.16. The minimum absolute atomic E-state index is 0.254. The van der Waals surface area contributed by atoms with Crippen molar-refractivity contribution in [1.82, 2.24) is 0 Å². The second kappa shape index (κ2) is 6.48. The van der Waals surface area contributed by atoms with E-state index in [-0.39, 0.29) is 11.1 Å². The molecule has 0 aromatic heterocycles. The van der Waals surface area contributed by atoms with E-state index in [1.807, 2.05) is 0 Å². The molecule has 0 aliphatic rings. The summed E-state index contributed by atoms with van der Waals surface area (Å²) in [6.07, 6.45) is 0.431. The van der Waals surface area contributed by atoms with E-state index in [0.29, 0.717) is 12.0 Å². The molecule has 19 heavy (non-hydrogen) atoms. The van der Waals surface area contributed by atoms with E-state index in [2.05, 4.69) is 15.9 Å². The predicted octanol–water partition coefficient (Wildman–Crippen LogP) is 3.39. The third kappa shape index (κ3) is 3.54. The van der Waals surface area contributed by atoms with E-state index in [9.17, 15) is 14.3 Å². The van der Waals surface area contributed by atoms with Crippen molar-refractivity contribution in [2.24, 2.45) is 5.92 Å². The molecule has 0 aliphatic carbocycles. The van der Waals surface area contributed by atoms with Crippen LogP contribution in [-0.2, 0) is 15.1 Å². The Balaban J connectivity index is 3.12. The summed E-state index contributed by atoms with van der Waals surface area (Å²) in [7, 11) is 0. The molecule has 0 bridgehead atoms. The zero-order valence-corrected chi connectivity index (χ0v) is 12.8. The van der Waals surface area contributed by atoms with Crippen LogP contribution >= 0.6 is 15.9 Å². The predicted molar refractivity (Wildman–Crippen MR) is 74.1 cm³/mol. The molecule has 3 nitrogen and oxygen atoms in total. The average Bonchev–Trinajstić information content (AvgIpc) is 2.33. The first-order valence-electron chi connectivity index (χ1n) is 6.19. The highest BCUT2D eigenvalue weighted by molar-refractivity contribution is 9.10. The Morgan fingerprint density at radius 1 is 1.53 bits per heavy atom. The number of esters is 1. The Bertz CT molecular complexity index is 460. The van der Waals surface area contributed by atoms with Gasteiger partial charge in [0.05, 0.1) is 17.0 Å². The maximum Gasteiger partial charge on any atom is 0.312 e. The first-order valence-corrected chi connectivity index (χ1v) is 6.98. The van der Waals surface area contributed by atoms with Crippen molar-refractivity contribution < 1.29 is 19.0 Å². The zero-order valence-electron chi connectivity index (χ0n) is 11.2. The molecule has 1 aromatic rings. The van der Waals surface area contributed by atoms with Crippen LogP contribution in [0.3, 0.4) is 0 Å². The lowest BCUT2D eigenvalue weighted by Crippen LogP contribution is -2.38. The maximum atomic E-state index is 13.2. The van der Waals surface area contributed by atoms with E-state index < -0.39 is 23.3 Å². The minimum Gasteiger partial charge on any atom is -0.466 e. The van der Waals surface area contributed by atoms with Gasteiger partial charge in [-0.05, 0) is 53.9 Å². The molecule has 0 aliphatic heterocycles. The monoisotopic (exact) mass is 332 g/mol. The largest absolute Gasteiger partial charge is 0.466 e. The summed E-state index contributed by atoms with van der Waals surface area (Å²) < 4.78 is 18.5. The van der Waals surface area contributed by atoms with Gasteiger partial charge in [-0.3, -0.25) is 4.79 Å². The SMILES string of the molecule is CCOC(=O)C(CC)C(C)(O)c1ccc(F)c(Br)c1. The van der Waals surface area contributed by atoms with Crippen LogP contribution in [0.2, 0.25) is 0 Å². The van der Waals surface area contributed by atoms with Gasteiger partial charge in [0, 0.05) is 0 Å². The van der Waals surface area contributed by atoms with Crippen LogP contribution in [0.15, 0.2) is 22.7 Å². The van der Waals surface area contributed by atoms with Gasteiger partial charge < -0.3 is 9.84 Å². The van der Waals surface area contributed by atoms with Crippen molar-refractivity contribution in [2.75, 3.05) is 6.61 Å². The van der Waals surface area contributed by atoms with E-state index in [0.717, 1.165) is 0 Å². The highest BCUT2D eigenvalue weighted by Crippen LogP contribution is 2.34. The quantitative estimate of drug-likeness (QED) is 0.841. The summed E-state index contributed by atoms with van der Waals surface area (Å²) in [6, 6.07) is 4.21. The number of carbonyl (C=O) groups excluding carboxylic acids is 1. The van der Waals surface area contributed by atoms with Gasteiger partial charge in [0.25, 0.3) is 0 Å². The first-order chi connectivity index (χ1) is 8.84. The number of halogens is 2. The fourth-order valence-electron chi connectivity index (χ4n) is 2.05. The molecule has 0 spiro atoms. The highest BCUT2D eigenvalue weighted by Gasteiger charge is 2.38. The Morgan fingerprint density at radius 2 is 2.16 bits per heavy atom. The fraction of sp³-hybridized carbons (Fsp3) is 0.500. The standard InChI is InChI=1S/C14H18BrFO3/c1-4-10(13(17)19-5-2)14(3,18)9-6-7-12(16)11(15)8-9/h6-8,10,18H,4-5H2,1-3H3. The lowest BCUT2D eigenvalue weighted by atomic mass is 9.81. The Morgan fingerprint density at radius 3 is 2.63 bits per heavy atom. The molecule has 0 fully saturated rings. The fourth-order valence-corrected chi connectivity index (χ4v) is 2.43. The summed E-state index contributed by atoms with van der Waals surface area (Å²) >= 11 is 3.08. The molecular weight excluding hydrogens is 315 g/mol. The van der Waals surface area contributed by atoms with Crippen molar-refractivity contribution in [3.8, 4) is 0 Å². The minimum atomic E-state index is -1.41. The van der Waals surface area contributed by atoms with E-state index in [4.69, 9.17) is 4.74 Å². The number of ether oxygens (including phenoxy) is 1. The lowest BCUT2D eigenvalue weighted by molar-refractivity contribution is -0.158. The highest BCUT2D eigenvalue weighted by atomic mass is 79.9. The second-order valence-corrected chi connectivity index (χ2v) is 5.34. The van der Waals surface area contributed by atoms with Crippen LogP contribution in [0.5, 0.6) is 0 Å². The third-order valence-corrected chi connectivity index (χ3v) is 3.77. The van der Waals surface area contributed by atoms with Gasteiger partial charge in [0.2, 0.25) is 0 Å². The van der Waals surface area contributed by atoms with Gasteiger partial charge >= 0.3 is 5.97 Å². The molecular formula is C14H18BrFO3. The molecule has 0 radical (unpaired) electrons. The van der Waals surface area contributed by atoms with Crippen molar-refractivity contribution in [1.29, 1.82) is 0 Å². The zero-order chi connectivity index (χ0) is 14.6. The molecule has 2 unspecified atom stereocenters. The summed E-state index contributed by atoms with van der Waals surface area (Å²) in [5.41, 5.74) is -0.933. The second-order valence-electron chi connectivity index (χ2n) is 4.49. The van der Waals surface area contributed by atoms with Crippen molar-refractivity contribution in [3.63, 3.8) is 0 Å². The van der Waals surface area contributed by atoms with Crippen LogP contribution in [0.4, 0.5) is 4.39 Å². The molecule has 0 saturated heterocycles. The number of hydrogen-bond acceptors (Lipinski definition) is 3. The molecule has 0 heterocycles. The number of carbonyl (C=O) groups is 1. The summed E-state index contributed by atoms with van der Waals surface area (Å²) in [6.45, 7) is 5.32. The molecule has 2 atom stereocenters. The van der Waals surface area contributed by atoms with Gasteiger partial charge in [0.1, 0.15) is 11.4 Å². The van der Waals surface area contributed by atoms with Crippen LogP contribution in [0.25, 0.3) is 0 Å². The maximum absolute atomic E-state index is 13.2. The Hall–Kier alpha value is -0.940. The summed E-state index contributed by atoms with van der Waals surface area (Å²) in [5.74, 6) is -1.55. The van der Waals surface area contributed by atoms with Gasteiger partial charge in [-0.25, -0.2) is 4.39 Å². The average molecular weight is 333 g/mol. The number of aliphatic hydroxyl groups is 1. The van der Waals surface area contributed by atoms with E-state index in [1.165, 1.54) is 25.1 Å². The molecule has 0 saturated carbocycles. The van der Waals surface area contributed by atoms with E-state index >= 15 is 0 Å². The molecule has 106 valence electrons. The number of hydrogen-bond donors (Lipinski definition) is 1. The molecule has 1 aromatic carbocycles. The summed E-state index contributed by atoms with van der Waals surface area (Å²) in [5, 5.41) is 10.6.